The molecule has 0 radical (unpaired) electrons. The topological polar surface area (TPSA) is 62.9 Å². The molecule has 0 aromatic heterocycles. The number of methoxy groups -OCH3 is 1. The van der Waals surface area contributed by atoms with Gasteiger partial charge in [-0.05, 0) is 17.7 Å². The highest BCUT2D eigenvalue weighted by Crippen LogP contribution is 2.10. The van der Waals surface area contributed by atoms with Gasteiger partial charge in [0.25, 0.3) is 0 Å². The van der Waals surface area contributed by atoms with Crippen LogP contribution in [-0.2, 0) is 32.1 Å². The average Bonchev–Trinajstić information content (AvgIpc) is 2.50. The van der Waals surface area contributed by atoms with Gasteiger partial charge in [0.1, 0.15) is 5.82 Å². The lowest BCUT2D eigenvalue weighted by molar-refractivity contribution is 0.000857. The Bertz CT molecular complexity index is 390. The van der Waals surface area contributed by atoms with E-state index < -0.39 is 0 Å². The minimum Gasteiger partial charge on any atom is -0.382 e. The molecule has 2 N–H and O–H groups in total. The van der Waals surface area contributed by atoms with Crippen molar-refractivity contribution >= 4 is 0 Å². The van der Waals surface area contributed by atoms with Crippen molar-refractivity contribution in [2.75, 3.05) is 46.8 Å². The molecule has 1 aromatic rings. The van der Waals surface area contributed by atoms with Crippen molar-refractivity contribution in [2.24, 2.45) is 5.73 Å². The molecule has 0 unspecified atom stereocenters. The van der Waals surface area contributed by atoms with E-state index in [0.29, 0.717) is 51.8 Å². The Kier molecular flexibility index (Phi) is 9.94. The Morgan fingerprint density at radius 2 is 1.57 bits per heavy atom. The fourth-order valence-electron chi connectivity index (χ4n) is 1.65. The monoisotopic (exact) mass is 301 g/mol. The van der Waals surface area contributed by atoms with Crippen LogP contribution in [0.4, 0.5) is 4.39 Å². The van der Waals surface area contributed by atoms with Crippen LogP contribution in [-0.4, -0.2) is 46.8 Å². The SMILES string of the molecule is COCCOCCOCCOCc1ccc(F)c(CN)c1. The third-order valence-corrected chi connectivity index (χ3v) is 2.77. The summed E-state index contributed by atoms with van der Waals surface area (Å²) in [7, 11) is 1.63. The minimum absolute atomic E-state index is 0.186. The molecule has 21 heavy (non-hydrogen) atoms. The molecule has 0 aliphatic carbocycles. The Morgan fingerprint density at radius 3 is 2.19 bits per heavy atom. The molecule has 0 aliphatic rings. The zero-order valence-electron chi connectivity index (χ0n) is 12.5. The molecule has 0 fully saturated rings. The predicted molar refractivity (Wildman–Crippen MR) is 77.5 cm³/mol. The maximum absolute atomic E-state index is 13.2. The first-order valence-corrected chi connectivity index (χ1v) is 6.97. The van der Waals surface area contributed by atoms with Crippen molar-refractivity contribution in [3.63, 3.8) is 0 Å². The van der Waals surface area contributed by atoms with Crippen molar-refractivity contribution in [1.82, 2.24) is 0 Å². The number of ether oxygens (including phenoxy) is 4. The summed E-state index contributed by atoms with van der Waals surface area (Å²) in [5, 5.41) is 0. The van der Waals surface area contributed by atoms with Crippen LogP contribution in [0.5, 0.6) is 0 Å². The van der Waals surface area contributed by atoms with Gasteiger partial charge in [-0.3, -0.25) is 0 Å². The van der Waals surface area contributed by atoms with Crippen LogP contribution >= 0.6 is 0 Å². The molecule has 1 rings (SSSR count). The molecule has 120 valence electrons. The highest BCUT2D eigenvalue weighted by atomic mass is 19.1. The molecule has 0 spiro atoms. The predicted octanol–water partition coefficient (Wildman–Crippen LogP) is 1.48. The number of hydrogen-bond donors (Lipinski definition) is 1. The third kappa shape index (κ3) is 8.08. The van der Waals surface area contributed by atoms with Gasteiger partial charge in [0, 0.05) is 19.2 Å². The normalized spacial score (nSPS) is 11.0. The summed E-state index contributed by atoms with van der Waals surface area (Å²) in [5.74, 6) is -0.280. The van der Waals surface area contributed by atoms with Crippen LogP contribution in [0.15, 0.2) is 18.2 Å². The number of rotatable bonds is 12. The van der Waals surface area contributed by atoms with E-state index >= 15 is 0 Å². The van der Waals surface area contributed by atoms with Crippen molar-refractivity contribution in [3.8, 4) is 0 Å². The zero-order chi connectivity index (χ0) is 15.3. The zero-order valence-corrected chi connectivity index (χ0v) is 12.5. The smallest absolute Gasteiger partial charge is 0.127 e. The van der Waals surface area contributed by atoms with Crippen LogP contribution < -0.4 is 5.73 Å². The van der Waals surface area contributed by atoms with E-state index in [2.05, 4.69) is 0 Å². The van der Waals surface area contributed by atoms with E-state index in [1.54, 1.807) is 19.2 Å². The van der Waals surface area contributed by atoms with Gasteiger partial charge in [0.15, 0.2) is 0 Å². The maximum atomic E-state index is 13.2. The van der Waals surface area contributed by atoms with Crippen LogP contribution in [0.1, 0.15) is 11.1 Å². The quantitative estimate of drug-likeness (QED) is 0.593. The first kappa shape index (κ1) is 18.0. The second-order valence-corrected chi connectivity index (χ2v) is 4.40. The van der Waals surface area contributed by atoms with E-state index in [9.17, 15) is 4.39 Å². The number of halogens is 1. The molecule has 0 heterocycles. The fourth-order valence-corrected chi connectivity index (χ4v) is 1.65. The van der Waals surface area contributed by atoms with Crippen LogP contribution in [0, 0.1) is 5.82 Å². The molecular formula is C15H24FNO4. The highest BCUT2D eigenvalue weighted by Gasteiger charge is 2.02. The molecule has 0 saturated carbocycles. The van der Waals surface area contributed by atoms with E-state index in [-0.39, 0.29) is 12.4 Å². The average molecular weight is 301 g/mol. The lowest BCUT2D eigenvalue weighted by Crippen LogP contribution is -2.11. The molecule has 0 bridgehead atoms. The standard InChI is InChI=1S/C15H24FNO4/c1-18-4-5-19-6-7-20-8-9-21-12-13-2-3-15(16)14(10-13)11-17/h2-3,10H,4-9,11-12,17H2,1H3. The number of hydrogen-bond acceptors (Lipinski definition) is 5. The van der Waals surface area contributed by atoms with E-state index in [1.807, 2.05) is 0 Å². The summed E-state index contributed by atoms with van der Waals surface area (Å²) >= 11 is 0. The highest BCUT2D eigenvalue weighted by molar-refractivity contribution is 5.24. The Hall–Kier alpha value is -1.05. The van der Waals surface area contributed by atoms with Gasteiger partial charge in [0.2, 0.25) is 0 Å². The van der Waals surface area contributed by atoms with Crippen LogP contribution in [0.3, 0.4) is 0 Å². The molecule has 0 amide bonds. The Morgan fingerprint density at radius 1 is 0.952 bits per heavy atom. The van der Waals surface area contributed by atoms with Gasteiger partial charge in [-0.2, -0.15) is 0 Å². The van der Waals surface area contributed by atoms with E-state index in [0.717, 1.165) is 5.56 Å². The summed E-state index contributed by atoms with van der Waals surface area (Å²) in [6, 6.07) is 4.83. The van der Waals surface area contributed by atoms with Crippen molar-refractivity contribution in [3.05, 3.63) is 35.1 Å². The number of benzene rings is 1. The first-order chi connectivity index (χ1) is 10.3. The molecule has 6 heteroatoms. The Balaban J connectivity index is 2.01. The molecule has 0 atom stereocenters. The lowest BCUT2D eigenvalue weighted by Gasteiger charge is -2.08. The second kappa shape index (κ2) is 11.6. The summed E-state index contributed by atoms with van der Waals surface area (Å²) in [4.78, 5) is 0. The second-order valence-electron chi connectivity index (χ2n) is 4.40. The summed E-state index contributed by atoms with van der Waals surface area (Å²) < 4.78 is 34.1. The summed E-state index contributed by atoms with van der Waals surface area (Å²) in [6.45, 7) is 3.82. The van der Waals surface area contributed by atoms with Gasteiger partial charge in [0.05, 0.1) is 46.2 Å². The molecule has 1 aromatic carbocycles. The summed E-state index contributed by atoms with van der Waals surface area (Å²) in [5.41, 5.74) is 6.86. The van der Waals surface area contributed by atoms with Crippen LogP contribution in [0.2, 0.25) is 0 Å². The van der Waals surface area contributed by atoms with Crippen molar-refractivity contribution in [2.45, 2.75) is 13.2 Å². The van der Waals surface area contributed by atoms with E-state index in [4.69, 9.17) is 24.7 Å². The largest absolute Gasteiger partial charge is 0.382 e. The molecule has 0 aliphatic heterocycles. The molecule has 0 saturated heterocycles. The van der Waals surface area contributed by atoms with E-state index in [1.165, 1.54) is 6.07 Å². The van der Waals surface area contributed by atoms with Gasteiger partial charge < -0.3 is 24.7 Å². The minimum atomic E-state index is -0.280. The van der Waals surface area contributed by atoms with Crippen molar-refractivity contribution < 1.29 is 23.3 Å². The van der Waals surface area contributed by atoms with Crippen molar-refractivity contribution in [1.29, 1.82) is 0 Å². The van der Waals surface area contributed by atoms with Gasteiger partial charge in [-0.15, -0.1) is 0 Å². The lowest BCUT2D eigenvalue weighted by atomic mass is 10.1. The first-order valence-electron chi connectivity index (χ1n) is 6.97. The van der Waals surface area contributed by atoms with Crippen LogP contribution in [0.25, 0.3) is 0 Å². The fraction of sp³-hybridized carbons (Fsp3) is 0.600. The summed E-state index contributed by atoms with van der Waals surface area (Å²) in [6.07, 6.45) is 0. The molecule has 5 nitrogen and oxygen atoms in total. The van der Waals surface area contributed by atoms with Gasteiger partial charge in [-0.25, -0.2) is 4.39 Å². The van der Waals surface area contributed by atoms with Gasteiger partial charge >= 0.3 is 0 Å². The van der Waals surface area contributed by atoms with Gasteiger partial charge in [-0.1, -0.05) is 6.07 Å². The number of nitrogens with two attached hydrogens (primary N) is 1. The molecular weight excluding hydrogens is 277 g/mol. The third-order valence-electron chi connectivity index (χ3n) is 2.77. The maximum Gasteiger partial charge on any atom is 0.127 e. The Labute approximate surface area is 125 Å².